The van der Waals surface area contributed by atoms with Crippen LogP contribution in [0.15, 0.2) is 28.3 Å². The highest BCUT2D eigenvalue weighted by Gasteiger charge is 2.38. The van der Waals surface area contributed by atoms with Crippen molar-refractivity contribution in [1.82, 2.24) is 9.88 Å². The standard InChI is InChI=1S/C15H16N2O3S2/c18-15(13-14(20-9-16-13)11-2-1-6-21-11)17-4-7-22-12-8-19-5-3-10(12)17/h1-2,6,9-10,12H,3-5,7-8H2/t10-,12-/m0/s1. The third-order valence-corrected chi connectivity index (χ3v) is 6.27. The summed E-state index contributed by atoms with van der Waals surface area (Å²) in [6, 6.07) is 4.14. The van der Waals surface area contributed by atoms with Crippen LogP contribution in [-0.2, 0) is 4.74 Å². The number of aromatic nitrogens is 1. The summed E-state index contributed by atoms with van der Waals surface area (Å²) in [5.41, 5.74) is 0.430. The average Bonchev–Trinajstić information content (AvgIpc) is 3.24. The van der Waals surface area contributed by atoms with Crippen molar-refractivity contribution in [3.63, 3.8) is 0 Å². The summed E-state index contributed by atoms with van der Waals surface area (Å²) < 4.78 is 11.0. The summed E-state index contributed by atoms with van der Waals surface area (Å²) in [5, 5.41) is 2.35. The topological polar surface area (TPSA) is 55.6 Å². The van der Waals surface area contributed by atoms with Gasteiger partial charge in [0.2, 0.25) is 0 Å². The van der Waals surface area contributed by atoms with Gasteiger partial charge in [-0.3, -0.25) is 4.79 Å². The fourth-order valence-corrected chi connectivity index (χ4v) is 5.07. The Morgan fingerprint density at radius 3 is 3.27 bits per heavy atom. The molecule has 2 aromatic heterocycles. The van der Waals surface area contributed by atoms with E-state index in [1.54, 1.807) is 11.3 Å². The molecule has 0 spiro atoms. The van der Waals surface area contributed by atoms with Crippen molar-refractivity contribution < 1.29 is 13.9 Å². The minimum absolute atomic E-state index is 0.0191. The fourth-order valence-electron chi connectivity index (χ4n) is 3.05. The van der Waals surface area contributed by atoms with Gasteiger partial charge in [0.15, 0.2) is 17.8 Å². The second kappa shape index (κ2) is 6.06. The molecule has 2 atom stereocenters. The maximum absolute atomic E-state index is 13.0. The highest BCUT2D eigenvalue weighted by molar-refractivity contribution is 8.00. The van der Waals surface area contributed by atoms with Gasteiger partial charge in [-0.05, 0) is 17.9 Å². The van der Waals surface area contributed by atoms with Crippen LogP contribution in [0.1, 0.15) is 16.9 Å². The van der Waals surface area contributed by atoms with Gasteiger partial charge in [0, 0.05) is 30.2 Å². The second-order valence-electron chi connectivity index (χ2n) is 5.35. The Balaban J connectivity index is 1.63. The molecule has 0 radical (unpaired) electrons. The lowest BCUT2D eigenvalue weighted by atomic mass is 10.1. The van der Waals surface area contributed by atoms with Crippen molar-refractivity contribution in [2.24, 2.45) is 0 Å². The normalized spacial score (nSPS) is 25.0. The first-order valence-electron chi connectivity index (χ1n) is 7.32. The van der Waals surface area contributed by atoms with E-state index in [-0.39, 0.29) is 11.9 Å². The van der Waals surface area contributed by atoms with E-state index in [2.05, 4.69) is 4.98 Å². The molecule has 22 heavy (non-hydrogen) atoms. The molecule has 0 N–H and O–H groups in total. The van der Waals surface area contributed by atoms with E-state index in [9.17, 15) is 4.79 Å². The van der Waals surface area contributed by atoms with Gasteiger partial charge in [0.25, 0.3) is 5.91 Å². The third-order valence-electron chi connectivity index (χ3n) is 4.11. The van der Waals surface area contributed by atoms with Crippen LogP contribution < -0.4 is 0 Å². The molecule has 0 saturated carbocycles. The SMILES string of the molecule is O=C(c1ncoc1-c1cccs1)N1CCS[C@H]2COCC[C@@H]21. The van der Waals surface area contributed by atoms with Crippen LogP contribution in [0.5, 0.6) is 0 Å². The van der Waals surface area contributed by atoms with Gasteiger partial charge in [-0.2, -0.15) is 11.8 Å². The van der Waals surface area contributed by atoms with Gasteiger partial charge >= 0.3 is 0 Å². The first-order valence-corrected chi connectivity index (χ1v) is 9.25. The lowest BCUT2D eigenvalue weighted by Gasteiger charge is -2.43. The van der Waals surface area contributed by atoms with Crippen LogP contribution in [0.2, 0.25) is 0 Å². The van der Waals surface area contributed by atoms with E-state index < -0.39 is 0 Å². The lowest BCUT2D eigenvalue weighted by molar-refractivity contribution is 0.0316. The molecule has 0 unspecified atom stereocenters. The number of hydrogen-bond acceptors (Lipinski definition) is 6. The van der Waals surface area contributed by atoms with E-state index in [1.807, 2.05) is 34.2 Å². The zero-order valence-electron chi connectivity index (χ0n) is 11.9. The molecule has 2 aliphatic rings. The molecule has 0 bridgehead atoms. The number of carbonyl (C=O) groups is 1. The highest BCUT2D eigenvalue weighted by Crippen LogP contribution is 2.33. The van der Waals surface area contributed by atoms with Crippen LogP contribution in [0.4, 0.5) is 0 Å². The van der Waals surface area contributed by atoms with Gasteiger partial charge in [0.05, 0.1) is 11.5 Å². The molecule has 2 saturated heterocycles. The lowest BCUT2D eigenvalue weighted by Crippen LogP contribution is -2.54. The Morgan fingerprint density at radius 2 is 2.41 bits per heavy atom. The van der Waals surface area contributed by atoms with Gasteiger partial charge in [-0.1, -0.05) is 6.07 Å². The minimum atomic E-state index is -0.0191. The number of thiophene rings is 1. The molecule has 4 heterocycles. The van der Waals surface area contributed by atoms with Crippen LogP contribution in [0, 0.1) is 0 Å². The van der Waals surface area contributed by atoms with Crippen molar-refractivity contribution >= 4 is 29.0 Å². The van der Waals surface area contributed by atoms with Crippen molar-refractivity contribution in [1.29, 1.82) is 0 Å². The minimum Gasteiger partial charge on any atom is -0.442 e. The fraction of sp³-hybridized carbons (Fsp3) is 0.467. The average molecular weight is 336 g/mol. The Hall–Kier alpha value is -1.31. The molecule has 1 amide bonds. The van der Waals surface area contributed by atoms with E-state index in [1.165, 1.54) is 6.39 Å². The van der Waals surface area contributed by atoms with Crippen molar-refractivity contribution in [2.45, 2.75) is 17.7 Å². The number of ether oxygens (including phenoxy) is 1. The summed E-state index contributed by atoms with van der Waals surface area (Å²) in [6.07, 6.45) is 2.26. The van der Waals surface area contributed by atoms with Gasteiger partial charge in [-0.15, -0.1) is 11.3 Å². The van der Waals surface area contributed by atoms with Crippen LogP contribution in [0.25, 0.3) is 10.6 Å². The summed E-state index contributed by atoms with van der Waals surface area (Å²) in [4.78, 5) is 20.1. The zero-order valence-corrected chi connectivity index (χ0v) is 13.6. The van der Waals surface area contributed by atoms with Crippen LogP contribution >= 0.6 is 23.1 Å². The first kappa shape index (κ1) is 14.3. The summed E-state index contributed by atoms with van der Waals surface area (Å²) >= 11 is 3.46. The van der Waals surface area contributed by atoms with E-state index in [4.69, 9.17) is 9.15 Å². The van der Waals surface area contributed by atoms with Crippen molar-refractivity contribution in [3.8, 4) is 10.6 Å². The molecule has 0 aromatic carbocycles. The van der Waals surface area contributed by atoms with Gasteiger partial charge in [-0.25, -0.2) is 4.98 Å². The Labute approximate surface area is 136 Å². The predicted molar refractivity (Wildman–Crippen MR) is 86.3 cm³/mol. The molecule has 116 valence electrons. The molecule has 2 fully saturated rings. The maximum atomic E-state index is 13.0. The number of rotatable bonds is 2. The van der Waals surface area contributed by atoms with Crippen LogP contribution in [0.3, 0.4) is 0 Å². The van der Waals surface area contributed by atoms with Gasteiger partial charge < -0.3 is 14.1 Å². The Kier molecular flexibility index (Phi) is 3.94. The van der Waals surface area contributed by atoms with Crippen molar-refractivity contribution in [3.05, 3.63) is 29.6 Å². The third kappa shape index (κ3) is 2.47. The second-order valence-corrected chi connectivity index (χ2v) is 7.64. The molecule has 4 rings (SSSR count). The summed E-state index contributed by atoms with van der Waals surface area (Å²) in [6.45, 7) is 2.22. The maximum Gasteiger partial charge on any atom is 0.276 e. The summed E-state index contributed by atoms with van der Waals surface area (Å²) in [7, 11) is 0. The number of hydrogen-bond donors (Lipinski definition) is 0. The number of fused-ring (bicyclic) bond motifs is 1. The molecule has 5 nitrogen and oxygen atoms in total. The molecule has 2 aromatic rings. The van der Waals surface area contributed by atoms with Crippen LogP contribution in [-0.4, -0.2) is 52.6 Å². The molecule has 0 aliphatic carbocycles. The molecular formula is C15H16N2O3S2. The zero-order chi connectivity index (χ0) is 14.9. The Morgan fingerprint density at radius 1 is 1.45 bits per heavy atom. The smallest absolute Gasteiger partial charge is 0.276 e. The highest BCUT2D eigenvalue weighted by atomic mass is 32.2. The number of thioether (sulfide) groups is 1. The first-order chi connectivity index (χ1) is 10.8. The number of oxazole rings is 1. The van der Waals surface area contributed by atoms with E-state index in [0.717, 1.165) is 36.8 Å². The summed E-state index contributed by atoms with van der Waals surface area (Å²) in [5.74, 6) is 1.51. The monoisotopic (exact) mass is 336 g/mol. The van der Waals surface area contributed by atoms with E-state index >= 15 is 0 Å². The molecular weight excluding hydrogens is 320 g/mol. The quantitative estimate of drug-likeness (QED) is 0.844. The van der Waals surface area contributed by atoms with E-state index in [0.29, 0.717) is 16.7 Å². The van der Waals surface area contributed by atoms with Crippen molar-refractivity contribution in [2.75, 3.05) is 25.5 Å². The van der Waals surface area contributed by atoms with Gasteiger partial charge in [0.1, 0.15) is 0 Å². The predicted octanol–water partition coefficient (Wildman–Crippen LogP) is 2.75. The Bertz CT molecular complexity index is 654. The molecule has 7 heteroatoms. The number of nitrogens with zero attached hydrogens (tertiary/aromatic N) is 2. The molecule has 2 aliphatic heterocycles. The number of amides is 1. The largest absolute Gasteiger partial charge is 0.442 e. The number of carbonyl (C=O) groups excluding carboxylic acids is 1.